The second-order valence-corrected chi connectivity index (χ2v) is 5.27. The number of imidazole rings is 1. The lowest BCUT2D eigenvalue weighted by molar-refractivity contribution is -0.121. The van der Waals surface area contributed by atoms with Gasteiger partial charge in [-0.15, -0.1) is 0 Å². The SMILES string of the molecule is Cc1[nH]c2ccc(CNC(=O)Cn3ccnc3)cc2c1C. The van der Waals surface area contributed by atoms with E-state index in [9.17, 15) is 4.79 Å². The Kier molecular flexibility index (Phi) is 3.48. The Morgan fingerprint density at radius 2 is 2.24 bits per heavy atom. The van der Waals surface area contributed by atoms with Gasteiger partial charge in [-0.05, 0) is 37.1 Å². The molecule has 3 aromatic rings. The lowest BCUT2D eigenvalue weighted by Gasteiger charge is -2.06. The Bertz CT molecular complexity index is 771. The number of nitrogens with one attached hydrogen (secondary N) is 2. The van der Waals surface area contributed by atoms with Gasteiger partial charge >= 0.3 is 0 Å². The molecule has 108 valence electrons. The van der Waals surface area contributed by atoms with Crippen LogP contribution in [0.3, 0.4) is 0 Å². The number of fused-ring (bicyclic) bond motifs is 1. The standard InChI is InChI=1S/C16H18N4O/c1-11-12(2)19-15-4-3-13(7-14(11)15)8-18-16(21)9-20-6-5-17-10-20/h3-7,10,19H,8-9H2,1-2H3,(H,18,21). The van der Waals surface area contributed by atoms with Gasteiger partial charge in [0, 0.05) is 35.5 Å². The molecule has 0 bridgehead atoms. The first-order valence-corrected chi connectivity index (χ1v) is 6.94. The smallest absolute Gasteiger partial charge is 0.240 e. The first-order valence-electron chi connectivity index (χ1n) is 6.94. The van der Waals surface area contributed by atoms with Crippen LogP contribution in [0.2, 0.25) is 0 Å². The van der Waals surface area contributed by atoms with Crippen LogP contribution in [0.1, 0.15) is 16.8 Å². The van der Waals surface area contributed by atoms with Crippen molar-refractivity contribution in [2.75, 3.05) is 0 Å². The van der Waals surface area contributed by atoms with E-state index in [1.165, 1.54) is 16.6 Å². The predicted octanol–water partition coefficient (Wildman–Crippen LogP) is 2.30. The van der Waals surface area contributed by atoms with Gasteiger partial charge in [0.1, 0.15) is 6.54 Å². The maximum Gasteiger partial charge on any atom is 0.240 e. The van der Waals surface area contributed by atoms with Gasteiger partial charge < -0.3 is 14.9 Å². The van der Waals surface area contributed by atoms with Crippen LogP contribution in [0, 0.1) is 13.8 Å². The molecule has 0 saturated heterocycles. The fraction of sp³-hybridized carbons (Fsp3) is 0.250. The Hall–Kier alpha value is -2.56. The van der Waals surface area contributed by atoms with Gasteiger partial charge in [-0.2, -0.15) is 0 Å². The van der Waals surface area contributed by atoms with Crippen LogP contribution in [0.25, 0.3) is 10.9 Å². The first kappa shape index (κ1) is 13.4. The molecule has 1 aromatic carbocycles. The van der Waals surface area contributed by atoms with E-state index in [-0.39, 0.29) is 5.91 Å². The number of aromatic amines is 1. The van der Waals surface area contributed by atoms with Gasteiger partial charge in [0.2, 0.25) is 5.91 Å². The number of carbonyl (C=O) groups excluding carboxylic acids is 1. The molecule has 2 N–H and O–H groups in total. The molecular weight excluding hydrogens is 264 g/mol. The molecule has 3 rings (SSSR count). The summed E-state index contributed by atoms with van der Waals surface area (Å²) in [5.41, 5.74) is 4.69. The maximum atomic E-state index is 11.9. The average molecular weight is 282 g/mol. The zero-order valence-electron chi connectivity index (χ0n) is 12.2. The largest absolute Gasteiger partial charge is 0.358 e. The van der Waals surface area contributed by atoms with E-state index < -0.39 is 0 Å². The highest BCUT2D eigenvalue weighted by Gasteiger charge is 2.06. The van der Waals surface area contributed by atoms with Gasteiger partial charge in [-0.1, -0.05) is 6.07 Å². The highest BCUT2D eigenvalue weighted by atomic mass is 16.1. The highest BCUT2D eigenvalue weighted by molar-refractivity contribution is 5.85. The van der Waals surface area contributed by atoms with Gasteiger partial charge in [-0.25, -0.2) is 4.98 Å². The van der Waals surface area contributed by atoms with Crippen molar-refractivity contribution in [2.24, 2.45) is 0 Å². The van der Waals surface area contributed by atoms with E-state index in [1.807, 2.05) is 6.07 Å². The van der Waals surface area contributed by atoms with Crippen LogP contribution in [0.5, 0.6) is 0 Å². The maximum absolute atomic E-state index is 11.9. The molecule has 0 fully saturated rings. The minimum atomic E-state index is -0.0185. The van der Waals surface area contributed by atoms with Crippen LogP contribution in [-0.4, -0.2) is 20.4 Å². The number of nitrogens with zero attached hydrogens (tertiary/aromatic N) is 2. The zero-order valence-corrected chi connectivity index (χ0v) is 12.2. The van der Waals surface area contributed by atoms with Crippen LogP contribution in [0.15, 0.2) is 36.9 Å². The number of carbonyl (C=O) groups is 1. The molecule has 2 aromatic heterocycles. The summed E-state index contributed by atoms with van der Waals surface area (Å²) in [6.45, 7) is 5.01. The molecule has 5 nitrogen and oxygen atoms in total. The van der Waals surface area contributed by atoms with Gasteiger partial charge in [0.25, 0.3) is 0 Å². The molecule has 0 spiro atoms. The Morgan fingerprint density at radius 3 is 3.00 bits per heavy atom. The van der Waals surface area contributed by atoms with Crippen molar-refractivity contribution in [3.05, 3.63) is 53.7 Å². The van der Waals surface area contributed by atoms with E-state index in [0.29, 0.717) is 13.1 Å². The molecule has 0 aliphatic rings. The second kappa shape index (κ2) is 5.44. The molecule has 21 heavy (non-hydrogen) atoms. The van der Waals surface area contributed by atoms with Crippen molar-refractivity contribution < 1.29 is 4.79 Å². The van der Waals surface area contributed by atoms with Crippen LogP contribution >= 0.6 is 0 Å². The minimum Gasteiger partial charge on any atom is -0.358 e. The molecule has 0 atom stereocenters. The third-order valence-electron chi connectivity index (χ3n) is 3.75. The van der Waals surface area contributed by atoms with E-state index in [0.717, 1.165) is 11.1 Å². The molecule has 0 aliphatic heterocycles. The van der Waals surface area contributed by atoms with Crippen LogP contribution < -0.4 is 5.32 Å². The summed E-state index contributed by atoms with van der Waals surface area (Å²) in [4.78, 5) is 19.1. The number of aromatic nitrogens is 3. The van der Waals surface area contributed by atoms with Gasteiger partial charge in [0.05, 0.1) is 6.33 Å². The molecule has 5 heteroatoms. The van der Waals surface area contributed by atoms with Crippen LogP contribution in [-0.2, 0) is 17.9 Å². The fourth-order valence-electron chi connectivity index (χ4n) is 2.42. The molecular formula is C16H18N4O. The first-order chi connectivity index (χ1) is 10.1. The molecule has 2 heterocycles. The second-order valence-electron chi connectivity index (χ2n) is 5.27. The molecule has 0 radical (unpaired) electrons. The van der Waals surface area contributed by atoms with Crippen LogP contribution in [0.4, 0.5) is 0 Å². The Balaban J connectivity index is 1.67. The van der Waals surface area contributed by atoms with Gasteiger partial charge in [-0.3, -0.25) is 4.79 Å². The van der Waals surface area contributed by atoms with Crippen molar-refractivity contribution in [3.63, 3.8) is 0 Å². The third-order valence-corrected chi connectivity index (χ3v) is 3.75. The van der Waals surface area contributed by atoms with Crippen molar-refractivity contribution in [1.82, 2.24) is 19.9 Å². The summed E-state index contributed by atoms with van der Waals surface area (Å²) in [5.74, 6) is -0.0185. The average Bonchev–Trinajstić information content (AvgIpc) is 3.07. The number of H-pyrrole nitrogens is 1. The molecule has 1 amide bonds. The minimum absolute atomic E-state index is 0.0185. The van der Waals surface area contributed by atoms with Crippen molar-refractivity contribution in [3.8, 4) is 0 Å². The number of benzene rings is 1. The zero-order chi connectivity index (χ0) is 14.8. The molecule has 0 saturated carbocycles. The predicted molar refractivity (Wildman–Crippen MR) is 81.8 cm³/mol. The Labute approximate surface area is 123 Å². The number of rotatable bonds is 4. The summed E-state index contributed by atoms with van der Waals surface area (Å²) in [6.07, 6.45) is 5.08. The highest BCUT2D eigenvalue weighted by Crippen LogP contribution is 2.22. The monoisotopic (exact) mass is 282 g/mol. The summed E-state index contributed by atoms with van der Waals surface area (Å²) in [5, 5.41) is 4.15. The lowest BCUT2D eigenvalue weighted by atomic mass is 10.1. The van der Waals surface area contributed by atoms with E-state index in [2.05, 4.69) is 41.3 Å². The fourth-order valence-corrected chi connectivity index (χ4v) is 2.42. The number of aryl methyl sites for hydroxylation is 2. The summed E-state index contributed by atoms with van der Waals surface area (Å²) < 4.78 is 1.75. The Morgan fingerprint density at radius 1 is 1.38 bits per heavy atom. The summed E-state index contributed by atoms with van der Waals surface area (Å²) in [7, 11) is 0. The molecule has 0 unspecified atom stereocenters. The quantitative estimate of drug-likeness (QED) is 0.771. The van der Waals surface area contributed by atoms with Crippen molar-refractivity contribution in [1.29, 1.82) is 0 Å². The number of amides is 1. The van der Waals surface area contributed by atoms with Crippen molar-refractivity contribution in [2.45, 2.75) is 26.9 Å². The summed E-state index contributed by atoms with van der Waals surface area (Å²) >= 11 is 0. The van der Waals surface area contributed by atoms with E-state index in [1.54, 1.807) is 23.3 Å². The molecule has 0 aliphatic carbocycles. The number of hydrogen-bond donors (Lipinski definition) is 2. The van der Waals surface area contributed by atoms with Crippen molar-refractivity contribution >= 4 is 16.8 Å². The van der Waals surface area contributed by atoms with E-state index in [4.69, 9.17) is 0 Å². The van der Waals surface area contributed by atoms with Gasteiger partial charge in [0.15, 0.2) is 0 Å². The topological polar surface area (TPSA) is 62.7 Å². The van der Waals surface area contributed by atoms with E-state index >= 15 is 0 Å². The lowest BCUT2D eigenvalue weighted by Crippen LogP contribution is -2.26. The summed E-state index contributed by atoms with van der Waals surface area (Å²) in [6, 6.07) is 6.23. The third kappa shape index (κ3) is 2.81. The number of hydrogen-bond acceptors (Lipinski definition) is 2. The normalized spacial score (nSPS) is 11.0.